The number of rotatable bonds is 5. The highest BCUT2D eigenvalue weighted by molar-refractivity contribution is 9.11. The molecular formula is C14H17Br2N3. The molecule has 0 saturated heterocycles. The number of nitrogens with zero attached hydrogens (tertiary/aromatic N) is 2. The van der Waals surface area contributed by atoms with Gasteiger partial charge in [0.1, 0.15) is 0 Å². The first-order valence-corrected chi connectivity index (χ1v) is 7.87. The molecule has 102 valence electrons. The van der Waals surface area contributed by atoms with Crippen LogP contribution in [0.15, 0.2) is 39.4 Å². The molecule has 0 aliphatic carbocycles. The Bertz CT molecular complexity index is 531. The summed E-state index contributed by atoms with van der Waals surface area (Å²) < 4.78 is 4.06. The summed E-state index contributed by atoms with van der Waals surface area (Å²) in [6.45, 7) is 3.14. The highest BCUT2D eigenvalue weighted by Gasteiger charge is 2.17. The van der Waals surface area contributed by atoms with E-state index < -0.39 is 0 Å². The van der Waals surface area contributed by atoms with Gasteiger partial charge in [-0.3, -0.25) is 4.68 Å². The molecule has 0 fully saturated rings. The Kier molecular flexibility index (Phi) is 5.19. The standard InChI is InChI=1S/C14H17Br2N3/c1-3-5-17-14(13-4-6-18-19(13)2)10-7-11(15)9-12(16)8-10/h4,6-9,14,17H,3,5H2,1-2H3. The smallest absolute Gasteiger partial charge is 0.0748 e. The van der Waals surface area contributed by atoms with Crippen molar-refractivity contribution in [2.75, 3.05) is 6.54 Å². The van der Waals surface area contributed by atoms with Gasteiger partial charge in [-0.15, -0.1) is 0 Å². The summed E-state index contributed by atoms with van der Waals surface area (Å²) in [5, 5.41) is 7.85. The highest BCUT2D eigenvalue weighted by Crippen LogP contribution is 2.28. The van der Waals surface area contributed by atoms with Gasteiger partial charge in [0.05, 0.1) is 11.7 Å². The van der Waals surface area contributed by atoms with E-state index in [-0.39, 0.29) is 6.04 Å². The van der Waals surface area contributed by atoms with Gasteiger partial charge in [0.25, 0.3) is 0 Å². The molecule has 0 amide bonds. The minimum atomic E-state index is 0.154. The molecule has 1 aromatic heterocycles. The Morgan fingerprint density at radius 1 is 1.26 bits per heavy atom. The van der Waals surface area contributed by atoms with Crippen LogP contribution in [0, 0.1) is 0 Å². The van der Waals surface area contributed by atoms with E-state index >= 15 is 0 Å². The van der Waals surface area contributed by atoms with Crippen LogP contribution in [0.5, 0.6) is 0 Å². The van der Waals surface area contributed by atoms with Gasteiger partial charge in [-0.1, -0.05) is 38.8 Å². The van der Waals surface area contributed by atoms with Crippen molar-refractivity contribution in [2.45, 2.75) is 19.4 Å². The zero-order valence-electron chi connectivity index (χ0n) is 11.0. The lowest BCUT2D eigenvalue weighted by atomic mass is 10.0. The molecule has 1 atom stereocenters. The van der Waals surface area contributed by atoms with E-state index in [1.165, 1.54) is 11.3 Å². The molecule has 2 rings (SSSR count). The van der Waals surface area contributed by atoms with Crippen molar-refractivity contribution in [1.29, 1.82) is 0 Å². The summed E-state index contributed by atoms with van der Waals surface area (Å²) in [4.78, 5) is 0. The van der Waals surface area contributed by atoms with Crippen LogP contribution in [0.4, 0.5) is 0 Å². The Morgan fingerprint density at radius 2 is 1.95 bits per heavy atom. The van der Waals surface area contributed by atoms with E-state index in [2.05, 4.69) is 67.4 Å². The molecule has 0 spiro atoms. The molecule has 19 heavy (non-hydrogen) atoms. The Labute approximate surface area is 130 Å². The summed E-state index contributed by atoms with van der Waals surface area (Å²) in [6, 6.07) is 8.54. The second-order valence-electron chi connectivity index (χ2n) is 4.47. The quantitative estimate of drug-likeness (QED) is 0.840. The van der Waals surface area contributed by atoms with E-state index in [4.69, 9.17) is 0 Å². The van der Waals surface area contributed by atoms with Crippen LogP contribution in [0.2, 0.25) is 0 Å². The summed E-state index contributed by atoms with van der Waals surface area (Å²) >= 11 is 7.10. The number of nitrogens with one attached hydrogen (secondary N) is 1. The third kappa shape index (κ3) is 3.68. The number of hydrogen-bond donors (Lipinski definition) is 1. The predicted octanol–water partition coefficient (Wildman–Crippen LogP) is 4.03. The number of aromatic nitrogens is 2. The maximum atomic E-state index is 4.27. The largest absolute Gasteiger partial charge is 0.305 e. The van der Waals surface area contributed by atoms with Crippen LogP contribution in [0.1, 0.15) is 30.6 Å². The van der Waals surface area contributed by atoms with Crippen molar-refractivity contribution in [2.24, 2.45) is 7.05 Å². The van der Waals surface area contributed by atoms with E-state index in [1.54, 1.807) is 0 Å². The lowest BCUT2D eigenvalue weighted by Gasteiger charge is -2.20. The summed E-state index contributed by atoms with van der Waals surface area (Å²) in [5.74, 6) is 0. The second-order valence-corrected chi connectivity index (χ2v) is 6.30. The molecular weight excluding hydrogens is 370 g/mol. The fraction of sp³-hybridized carbons (Fsp3) is 0.357. The maximum Gasteiger partial charge on any atom is 0.0748 e. The molecule has 0 aliphatic rings. The maximum absolute atomic E-state index is 4.27. The second kappa shape index (κ2) is 6.68. The molecule has 1 N–H and O–H groups in total. The van der Waals surface area contributed by atoms with E-state index in [0.29, 0.717) is 0 Å². The molecule has 1 aromatic carbocycles. The zero-order valence-corrected chi connectivity index (χ0v) is 14.2. The molecule has 0 bridgehead atoms. The van der Waals surface area contributed by atoms with Gasteiger partial charge >= 0.3 is 0 Å². The van der Waals surface area contributed by atoms with Gasteiger partial charge in [0.2, 0.25) is 0 Å². The third-order valence-electron chi connectivity index (χ3n) is 2.97. The molecule has 0 radical (unpaired) electrons. The van der Waals surface area contributed by atoms with E-state index in [0.717, 1.165) is 21.9 Å². The number of aryl methyl sites for hydroxylation is 1. The van der Waals surface area contributed by atoms with Gasteiger partial charge in [-0.05, 0) is 42.8 Å². The van der Waals surface area contributed by atoms with Crippen molar-refractivity contribution in [3.63, 3.8) is 0 Å². The average Bonchev–Trinajstić information content (AvgIpc) is 2.75. The van der Waals surface area contributed by atoms with Crippen LogP contribution in [-0.4, -0.2) is 16.3 Å². The zero-order chi connectivity index (χ0) is 13.8. The van der Waals surface area contributed by atoms with Crippen molar-refractivity contribution >= 4 is 31.9 Å². The number of benzene rings is 1. The normalized spacial score (nSPS) is 12.6. The Balaban J connectivity index is 2.39. The van der Waals surface area contributed by atoms with Crippen molar-refractivity contribution in [3.8, 4) is 0 Å². The molecule has 3 nitrogen and oxygen atoms in total. The first-order chi connectivity index (χ1) is 9.11. The fourth-order valence-corrected chi connectivity index (χ4v) is 3.42. The van der Waals surface area contributed by atoms with E-state index in [9.17, 15) is 0 Å². The molecule has 1 unspecified atom stereocenters. The number of halogens is 2. The van der Waals surface area contributed by atoms with Gasteiger partial charge in [-0.25, -0.2) is 0 Å². The number of hydrogen-bond acceptors (Lipinski definition) is 2. The summed E-state index contributed by atoms with van der Waals surface area (Å²) in [5.41, 5.74) is 2.39. The topological polar surface area (TPSA) is 29.9 Å². The minimum absolute atomic E-state index is 0.154. The lowest BCUT2D eigenvalue weighted by Crippen LogP contribution is -2.25. The molecule has 1 heterocycles. The summed E-state index contributed by atoms with van der Waals surface area (Å²) in [7, 11) is 1.98. The molecule has 0 aliphatic heterocycles. The molecule has 5 heteroatoms. The van der Waals surface area contributed by atoms with Crippen LogP contribution >= 0.6 is 31.9 Å². The van der Waals surface area contributed by atoms with Crippen LogP contribution in [0.3, 0.4) is 0 Å². The van der Waals surface area contributed by atoms with Crippen molar-refractivity contribution < 1.29 is 0 Å². The monoisotopic (exact) mass is 385 g/mol. The molecule has 2 aromatic rings. The van der Waals surface area contributed by atoms with Gasteiger partial charge in [-0.2, -0.15) is 5.10 Å². The van der Waals surface area contributed by atoms with Gasteiger partial charge in [0, 0.05) is 22.2 Å². The van der Waals surface area contributed by atoms with E-state index in [1.807, 2.05) is 24.0 Å². The van der Waals surface area contributed by atoms with Gasteiger partial charge in [0.15, 0.2) is 0 Å². The lowest BCUT2D eigenvalue weighted by molar-refractivity contribution is 0.553. The molecule has 0 saturated carbocycles. The summed E-state index contributed by atoms with van der Waals surface area (Å²) in [6.07, 6.45) is 2.94. The third-order valence-corrected chi connectivity index (χ3v) is 3.89. The first-order valence-electron chi connectivity index (χ1n) is 6.29. The Hall–Kier alpha value is -0.650. The Morgan fingerprint density at radius 3 is 2.47 bits per heavy atom. The minimum Gasteiger partial charge on any atom is -0.305 e. The van der Waals surface area contributed by atoms with Gasteiger partial charge < -0.3 is 5.32 Å². The first kappa shape index (κ1) is 14.8. The van der Waals surface area contributed by atoms with Crippen LogP contribution in [0.25, 0.3) is 0 Å². The van der Waals surface area contributed by atoms with Crippen molar-refractivity contribution in [3.05, 3.63) is 50.7 Å². The SMILES string of the molecule is CCCNC(c1cc(Br)cc(Br)c1)c1ccnn1C. The van der Waals surface area contributed by atoms with Crippen molar-refractivity contribution in [1.82, 2.24) is 15.1 Å². The predicted molar refractivity (Wildman–Crippen MR) is 85.2 cm³/mol. The fourth-order valence-electron chi connectivity index (χ4n) is 2.09. The average molecular weight is 387 g/mol. The highest BCUT2D eigenvalue weighted by atomic mass is 79.9. The van der Waals surface area contributed by atoms with Crippen LogP contribution < -0.4 is 5.32 Å². The van der Waals surface area contributed by atoms with Crippen LogP contribution in [-0.2, 0) is 7.05 Å².